The maximum Gasteiger partial charge on any atom is 0.488 e. The zero-order valence-corrected chi connectivity index (χ0v) is 11.0. The maximum atomic E-state index is 13.2. The first-order valence-corrected chi connectivity index (χ1v) is 6.57. The molecule has 0 saturated heterocycles. The molecule has 0 amide bonds. The van der Waals surface area contributed by atoms with Gasteiger partial charge in [0.15, 0.2) is 0 Å². The minimum atomic E-state index is -1.65. The SMILES string of the molecule is OB(O)c1cc(F)ccc1CN1Cc2ccccc2C1. The summed E-state index contributed by atoms with van der Waals surface area (Å²) in [5.41, 5.74) is 3.57. The Morgan fingerprint density at radius 2 is 1.70 bits per heavy atom. The Kier molecular flexibility index (Phi) is 3.57. The average Bonchev–Trinajstić information content (AvgIpc) is 2.82. The van der Waals surface area contributed by atoms with Crippen molar-refractivity contribution in [2.75, 3.05) is 0 Å². The minimum Gasteiger partial charge on any atom is -0.423 e. The molecule has 20 heavy (non-hydrogen) atoms. The van der Waals surface area contributed by atoms with Gasteiger partial charge in [0.25, 0.3) is 0 Å². The lowest BCUT2D eigenvalue weighted by molar-refractivity contribution is 0.275. The Hall–Kier alpha value is -1.69. The molecule has 0 radical (unpaired) electrons. The fourth-order valence-electron chi connectivity index (χ4n) is 2.71. The molecule has 1 aliphatic rings. The first-order valence-electron chi connectivity index (χ1n) is 6.57. The number of nitrogens with zero attached hydrogens (tertiary/aromatic N) is 1. The van der Waals surface area contributed by atoms with Crippen LogP contribution in [0.25, 0.3) is 0 Å². The van der Waals surface area contributed by atoms with Crippen LogP contribution in [0, 0.1) is 5.82 Å². The number of halogens is 1. The number of hydrogen-bond acceptors (Lipinski definition) is 3. The molecule has 0 bridgehead atoms. The van der Waals surface area contributed by atoms with Gasteiger partial charge in [0, 0.05) is 19.6 Å². The van der Waals surface area contributed by atoms with Gasteiger partial charge in [0.1, 0.15) is 5.82 Å². The highest BCUT2D eigenvalue weighted by molar-refractivity contribution is 6.59. The van der Waals surface area contributed by atoms with Gasteiger partial charge in [-0.3, -0.25) is 4.90 Å². The summed E-state index contributed by atoms with van der Waals surface area (Å²) >= 11 is 0. The van der Waals surface area contributed by atoms with Crippen LogP contribution in [-0.2, 0) is 19.6 Å². The molecule has 0 spiro atoms. The summed E-state index contributed by atoms with van der Waals surface area (Å²) in [6.45, 7) is 2.23. The van der Waals surface area contributed by atoms with Gasteiger partial charge in [0.2, 0.25) is 0 Å². The molecule has 2 aromatic rings. The predicted octanol–water partition coefficient (Wildman–Crippen LogP) is 1.02. The van der Waals surface area contributed by atoms with Gasteiger partial charge in [0.05, 0.1) is 0 Å². The van der Waals surface area contributed by atoms with Crippen molar-refractivity contribution in [3.63, 3.8) is 0 Å². The van der Waals surface area contributed by atoms with Crippen molar-refractivity contribution in [3.05, 3.63) is 65.0 Å². The fourth-order valence-corrected chi connectivity index (χ4v) is 2.71. The number of rotatable bonds is 3. The molecule has 5 heteroatoms. The molecule has 2 N–H and O–H groups in total. The highest BCUT2D eigenvalue weighted by Gasteiger charge is 2.22. The first-order chi connectivity index (χ1) is 9.63. The molecule has 0 aromatic heterocycles. The Bertz CT molecular complexity index is 608. The van der Waals surface area contributed by atoms with Crippen molar-refractivity contribution >= 4 is 12.6 Å². The second kappa shape index (κ2) is 5.36. The standard InChI is InChI=1S/C15H15BFNO2/c17-14-6-5-13(15(7-14)16(19)20)10-18-8-11-3-1-2-4-12(11)9-18/h1-7,19-20H,8-10H2. The maximum absolute atomic E-state index is 13.2. The fraction of sp³-hybridized carbons (Fsp3) is 0.200. The Morgan fingerprint density at radius 1 is 1.05 bits per heavy atom. The van der Waals surface area contributed by atoms with Crippen LogP contribution >= 0.6 is 0 Å². The zero-order chi connectivity index (χ0) is 14.1. The van der Waals surface area contributed by atoms with E-state index in [1.807, 2.05) is 12.1 Å². The summed E-state index contributed by atoms with van der Waals surface area (Å²) in [6.07, 6.45) is 0. The van der Waals surface area contributed by atoms with Crippen LogP contribution < -0.4 is 5.46 Å². The van der Waals surface area contributed by atoms with Gasteiger partial charge in [-0.1, -0.05) is 30.3 Å². The smallest absolute Gasteiger partial charge is 0.423 e. The van der Waals surface area contributed by atoms with E-state index >= 15 is 0 Å². The van der Waals surface area contributed by atoms with E-state index in [4.69, 9.17) is 0 Å². The second-order valence-corrected chi connectivity index (χ2v) is 5.13. The van der Waals surface area contributed by atoms with Crippen LogP contribution in [0.2, 0.25) is 0 Å². The molecule has 1 heterocycles. The van der Waals surface area contributed by atoms with E-state index in [-0.39, 0.29) is 5.46 Å². The molecular formula is C15H15BFNO2. The van der Waals surface area contributed by atoms with Crippen LogP contribution in [0.3, 0.4) is 0 Å². The summed E-state index contributed by atoms with van der Waals surface area (Å²) in [5.74, 6) is -0.457. The van der Waals surface area contributed by atoms with Gasteiger partial charge in [-0.05, 0) is 34.3 Å². The Balaban J connectivity index is 1.80. The summed E-state index contributed by atoms with van der Waals surface area (Å²) in [6, 6.07) is 12.4. The second-order valence-electron chi connectivity index (χ2n) is 5.13. The van der Waals surface area contributed by atoms with E-state index < -0.39 is 12.9 Å². The largest absolute Gasteiger partial charge is 0.488 e. The van der Waals surface area contributed by atoms with E-state index in [0.717, 1.165) is 18.7 Å². The first kappa shape index (κ1) is 13.3. The van der Waals surface area contributed by atoms with Gasteiger partial charge in [-0.25, -0.2) is 4.39 Å². The van der Waals surface area contributed by atoms with E-state index in [0.29, 0.717) is 6.54 Å². The molecule has 0 aliphatic carbocycles. The highest BCUT2D eigenvalue weighted by atomic mass is 19.1. The van der Waals surface area contributed by atoms with E-state index in [2.05, 4.69) is 17.0 Å². The summed E-state index contributed by atoms with van der Waals surface area (Å²) in [7, 11) is -1.65. The lowest BCUT2D eigenvalue weighted by Gasteiger charge is -2.17. The summed E-state index contributed by atoms with van der Waals surface area (Å²) in [5, 5.41) is 18.7. The van der Waals surface area contributed by atoms with Crippen LogP contribution in [0.15, 0.2) is 42.5 Å². The molecule has 102 valence electrons. The van der Waals surface area contributed by atoms with Crippen LogP contribution in [0.4, 0.5) is 4.39 Å². The quantitative estimate of drug-likeness (QED) is 0.819. The van der Waals surface area contributed by atoms with Crippen molar-refractivity contribution in [1.29, 1.82) is 0 Å². The van der Waals surface area contributed by atoms with Crippen molar-refractivity contribution in [3.8, 4) is 0 Å². The zero-order valence-electron chi connectivity index (χ0n) is 11.0. The van der Waals surface area contributed by atoms with Crippen LogP contribution in [0.5, 0.6) is 0 Å². The number of hydrogen-bond donors (Lipinski definition) is 2. The summed E-state index contributed by atoms with van der Waals surface area (Å²) < 4.78 is 13.2. The van der Waals surface area contributed by atoms with Gasteiger partial charge >= 0.3 is 7.12 Å². The number of benzene rings is 2. The Labute approximate surface area is 117 Å². The van der Waals surface area contributed by atoms with Gasteiger partial charge in [-0.15, -0.1) is 0 Å². The van der Waals surface area contributed by atoms with Gasteiger partial charge < -0.3 is 10.0 Å². The molecule has 0 saturated carbocycles. The molecule has 0 unspecified atom stereocenters. The van der Waals surface area contributed by atoms with Crippen molar-refractivity contribution < 1.29 is 14.4 Å². The van der Waals surface area contributed by atoms with Crippen molar-refractivity contribution in [2.24, 2.45) is 0 Å². The molecule has 3 rings (SSSR count). The molecular weight excluding hydrogens is 256 g/mol. The molecule has 1 aliphatic heterocycles. The average molecular weight is 271 g/mol. The van der Waals surface area contributed by atoms with Crippen molar-refractivity contribution in [1.82, 2.24) is 4.90 Å². The third-order valence-corrected chi connectivity index (χ3v) is 3.69. The normalized spacial score (nSPS) is 14.3. The third kappa shape index (κ3) is 2.61. The molecule has 0 fully saturated rings. The summed E-state index contributed by atoms with van der Waals surface area (Å²) in [4.78, 5) is 2.20. The number of fused-ring (bicyclic) bond motifs is 1. The third-order valence-electron chi connectivity index (χ3n) is 3.69. The molecule has 3 nitrogen and oxygen atoms in total. The van der Waals surface area contributed by atoms with E-state index in [1.165, 1.54) is 23.3 Å². The molecule has 0 atom stereocenters. The van der Waals surface area contributed by atoms with Crippen molar-refractivity contribution in [2.45, 2.75) is 19.6 Å². The van der Waals surface area contributed by atoms with Crippen LogP contribution in [0.1, 0.15) is 16.7 Å². The topological polar surface area (TPSA) is 43.7 Å². The lowest BCUT2D eigenvalue weighted by Crippen LogP contribution is -2.35. The predicted molar refractivity (Wildman–Crippen MR) is 75.6 cm³/mol. The highest BCUT2D eigenvalue weighted by Crippen LogP contribution is 2.23. The Morgan fingerprint density at radius 3 is 2.30 bits per heavy atom. The molecule has 2 aromatic carbocycles. The lowest BCUT2D eigenvalue weighted by atomic mass is 9.77. The van der Waals surface area contributed by atoms with Gasteiger partial charge in [-0.2, -0.15) is 0 Å². The van der Waals surface area contributed by atoms with E-state index in [1.54, 1.807) is 6.07 Å². The monoisotopic (exact) mass is 271 g/mol. The van der Waals surface area contributed by atoms with Crippen LogP contribution in [-0.4, -0.2) is 22.1 Å². The minimum absolute atomic E-state index is 0.237. The van der Waals surface area contributed by atoms with E-state index in [9.17, 15) is 14.4 Å².